The van der Waals surface area contributed by atoms with Crippen LogP contribution in [0.15, 0.2) is 17.5 Å². The molecule has 0 saturated heterocycles. The lowest BCUT2D eigenvalue weighted by Crippen LogP contribution is -1.98. The first-order valence-electron chi connectivity index (χ1n) is 4.49. The van der Waals surface area contributed by atoms with E-state index in [0.29, 0.717) is 0 Å². The van der Waals surface area contributed by atoms with E-state index in [0.717, 1.165) is 12.8 Å². The molecule has 1 nitrogen and oxygen atoms in total. The van der Waals surface area contributed by atoms with Gasteiger partial charge in [0.2, 0.25) is 0 Å². The van der Waals surface area contributed by atoms with Crippen LogP contribution in [0.2, 0.25) is 0 Å². The average molecular weight is 184 g/mol. The summed E-state index contributed by atoms with van der Waals surface area (Å²) < 4.78 is 0. The fraction of sp³-hybridized carbons (Fsp3) is 0.600. The highest BCUT2D eigenvalue weighted by molar-refractivity contribution is 7.09. The second-order valence-corrected chi connectivity index (χ2v) is 4.21. The van der Waals surface area contributed by atoms with E-state index in [1.54, 1.807) is 0 Å². The second kappa shape index (κ2) is 5.33. The minimum Gasteiger partial charge on any atom is -0.393 e. The number of thiophene rings is 1. The van der Waals surface area contributed by atoms with Crippen LogP contribution in [0, 0.1) is 0 Å². The zero-order valence-corrected chi connectivity index (χ0v) is 8.31. The highest BCUT2D eigenvalue weighted by Gasteiger charge is 1.96. The van der Waals surface area contributed by atoms with Gasteiger partial charge in [-0.25, -0.2) is 0 Å². The molecule has 1 heterocycles. The summed E-state index contributed by atoms with van der Waals surface area (Å²) in [4.78, 5) is 1.46. The third-order valence-electron chi connectivity index (χ3n) is 1.88. The Labute approximate surface area is 78.1 Å². The summed E-state index contributed by atoms with van der Waals surface area (Å²) in [6.07, 6.45) is 4.31. The second-order valence-electron chi connectivity index (χ2n) is 3.17. The lowest BCUT2D eigenvalue weighted by molar-refractivity contribution is 0.180. The van der Waals surface area contributed by atoms with Gasteiger partial charge in [-0.05, 0) is 37.6 Å². The predicted octanol–water partition coefficient (Wildman–Crippen LogP) is 2.84. The molecule has 1 N–H and O–H groups in total. The molecule has 0 bridgehead atoms. The first kappa shape index (κ1) is 9.75. The molecule has 1 atom stereocenters. The molecule has 1 rings (SSSR count). The SMILES string of the molecule is CC(O)CCCCc1cccs1. The normalized spacial score (nSPS) is 13.2. The Balaban J connectivity index is 2.04. The standard InChI is InChI=1S/C10H16OS/c1-9(11)5-2-3-6-10-7-4-8-12-10/h4,7-9,11H,2-3,5-6H2,1H3. The molecule has 1 aromatic rings. The molecule has 0 fully saturated rings. The number of aliphatic hydroxyl groups excluding tert-OH is 1. The molecule has 0 aliphatic carbocycles. The smallest absolute Gasteiger partial charge is 0.0512 e. The summed E-state index contributed by atoms with van der Waals surface area (Å²) in [5.41, 5.74) is 0. The topological polar surface area (TPSA) is 20.2 Å². The van der Waals surface area contributed by atoms with Crippen molar-refractivity contribution >= 4 is 11.3 Å². The highest BCUT2D eigenvalue weighted by Crippen LogP contribution is 2.13. The van der Waals surface area contributed by atoms with Crippen LogP contribution in [0.25, 0.3) is 0 Å². The van der Waals surface area contributed by atoms with Crippen LogP contribution in [-0.2, 0) is 6.42 Å². The molecule has 0 saturated carbocycles. The quantitative estimate of drug-likeness (QED) is 0.698. The zero-order valence-electron chi connectivity index (χ0n) is 7.49. The Morgan fingerprint density at radius 3 is 2.92 bits per heavy atom. The lowest BCUT2D eigenvalue weighted by atomic mass is 10.1. The third kappa shape index (κ3) is 3.88. The van der Waals surface area contributed by atoms with Gasteiger partial charge in [-0.3, -0.25) is 0 Å². The van der Waals surface area contributed by atoms with Crippen molar-refractivity contribution in [2.75, 3.05) is 0 Å². The maximum absolute atomic E-state index is 9.01. The molecule has 0 aliphatic heterocycles. The van der Waals surface area contributed by atoms with Gasteiger partial charge in [0.1, 0.15) is 0 Å². The summed E-state index contributed by atoms with van der Waals surface area (Å²) in [5, 5.41) is 11.1. The number of hydrogen-bond acceptors (Lipinski definition) is 2. The van der Waals surface area contributed by atoms with Crippen molar-refractivity contribution < 1.29 is 5.11 Å². The van der Waals surface area contributed by atoms with E-state index in [9.17, 15) is 0 Å². The van der Waals surface area contributed by atoms with Crippen molar-refractivity contribution in [3.8, 4) is 0 Å². The van der Waals surface area contributed by atoms with Crippen molar-refractivity contribution in [2.45, 2.75) is 38.7 Å². The number of unbranched alkanes of at least 4 members (excludes halogenated alkanes) is 1. The van der Waals surface area contributed by atoms with Gasteiger partial charge in [0, 0.05) is 4.88 Å². The number of aliphatic hydroxyl groups is 1. The van der Waals surface area contributed by atoms with Crippen molar-refractivity contribution in [1.29, 1.82) is 0 Å². The van der Waals surface area contributed by atoms with E-state index in [1.807, 2.05) is 18.3 Å². The van der Waals surface area contributed by atoms with Crippen molar-refractivity contribution in [3.63, 3.8) is 0 Å². The minimum absolute atomic E-state index is 0.131. The maximum atomic E-state index is 9.01. The molecule has 0 radical (unpaired) electrons. The number of rotatable bonds is 5. The van der Waals surface area contributed by atoms with E-state index in [2.05, 4.69) is 17.5 Å². The lowest BCUT2D eigenvalue weighted by Gasteiger charge is -2.02. The summed E-state index contributed by atoms with van der Waals surface area (Å²) in [6, 6.07) is 4.27. The molecular weight excluding hydrogens is 168 g/mol. The van der Waals surface area contributed by atoms with Crippen molar-refractivity contribution in [1.82, 2.24) is 0 Å². The molecule has 0 amide bonds. The minimum atomic E-state index is -0.131. The van der Waals surface area contributed by atoms with Crippen LogP contribution in [0.3, 0.4) is 0 Å². The van der Waals surface area contributed by atoms with E-state index in [1.165, 1.54) is 17.7 Å². The maximum Gasteiger partial charge on any atom is 0.0512 e. The fourth-order valence-corrected chi connectivity index (χ4v) is 1.95. The van der Waals surface area contributed by atoms with Crippen molar-refractivity contribution in [2.24, 2.45) is 0 Å². The molecule has 0 spiro atoms. The highest BCUT2D eigenvalue weighted by atomic mass is 32.1. The van der Waals surface area contributed by atoms with Gasteiger partial charge in [0.25, 0.3) is 0 Å². The summed E-state index contributed by atoms with van der Waals surface area (Å²) in [7, 11) is 0. The molecule has 0 aromatic carbocycles. The van der Waals surface area contributed by atoms with Gasteiger partial charge in [0.15, 0.2) is 0 Å². The number of hydrogen-bond donors (Lipinski definition) is 1. The van der Waals surface area contributed by atoms with Crippen LogP contribution in [0.5, 0.6) is 0 Å². The zero-order chi connectivity index (χ0) is 8.81. The first-order chi connectivity index (χ1) is 5.79. The summed E-state index contributed by atoms with van der Waals surface area (Å²) in [5.74, 6) is 0. The van der Waals surface area contributed by atoms with Gasteiger partial charge in [-0.1, -0.05) is 12.5 Å². The average Bonchev–Trinajstić information content (AvgIpc) is 2.49. The van der Waals surface area contributed by atoms with Gasteiger partial charge in [-0.15, -0.1) is 11.3 Å². The van der Waals surface area contributed by atoms with Crippen LogP contribution in [-0.4, -0.2) is 11.2 Å². The summed E-state index contributed by atoms with van der Waals surface area (Å²) >= 11 is 1.82. The molecule has 2 heteroatoms. The van der Waals surface area contributed by atoms with Crippen LogP contribution >= 0.6 is 11.3 Å². The number of aryl methyl sites for hydroxylation is 1. The molecule has 1 aromatic heterocycles. The molecular formula is C10H16OS. The van der Waals surface area contributed by atoms with E-state index < -0.39 is 0 Å². The molecule has 12 heavy (non-hydrogen) atoms. The Bertz CT molecular complexity index is 192. The van der Waals surface area contributed by atoms with E-state index in [-0.39, 0.29) is 6.10 Å². The predicted molar refractivity (Wildman–Crippen MR) is 53.6 cm³/mol. The van der Waals surface area contributed by atoms with E-state index in [4.69, 9.17) is 5.11 Å². The van der Waals surface area contributed by atoms with Crippen LogP contribution in [0.4, 0.5) is 0 Å². The van der Waals surface area contributed by atoms with Gasteiger partial charge in [0.05, 0.1) is 6.10 Å². The molecule has 1 unspecified atom stereocenters. The first-order valence-corrected chi connectivity index (χ1v) is 5.37. The largest absolute Gasteiger partial charge is 0.393 e. The van der Waals surface area contributed by atoms with E-state index >= 15 is 0 Å². The van der Waals surface area contributed by atoms with Crippen LogP contribution < -0.4 is 0 Å². The van der Waals surface area contributed by atoms with Gasteiger partial charge >= 0.3 is 0 Å². The van der Waals surface area contributed by atoms with Crippen LogP contribution in [0.1, 0.15) is 31.1 Å². The Morgan fingerprint density at radius 2 is 2.33 bits per heavy atom. The monoisotopic (exact) mass is 184 g/mol. The third-order valence-corrected chi connectivity index (χ3v) is 2.81. The molecule has 68 valence electrons. The Hall–Kier alpha value is -0.340. The Kier molecular flexibility index (Phi) is 4.33. The van der Waals surface area contributed by atoms with Crippen molar-refractivity contribution in [3.05, 3.63) is 22.4 Å². The molecule has 0 aliphatic rings. The summed E-state index contributed by atoms with van der Waals surface area (Å²) in [6.45, 7) is 1.85. The fourth-order valence-electron chi connectivity index (χ4n) is 1.19. The van der Waals surface area contributed by atoms with Gasteiger partial charge < -0.3 is 5.11 Å². The Morgan fingerprint density at radius 1 is 1.50 bits per heavy atom. The van der Waals surface area contributed by atoms with Gasteiger partial charge in [-0.2, -0.15) is 0 Å².